The van der Waals surface area contributed by atoms with Crippen molar-refractivity contribution in [1.82, 2.24) is 14.6 Å². The van der Waals surface area contributed by atoms with Crippen LogP contribution in [0.2, 0.25) is 0 Å². The van der Waals surface area contributed by atoms with Crippen LogP contribution in [0.3, 0.4) is 0 Å². The Labute approximate surface area is 192 Å². The molecule has 12 heteroatoms. The van der Waals surface area contributed by atoms with Crippen molar-refractivity contribution in [2.24, 2.45) is 0 Å². The number of ether oxygens (including phenoxy) is 4. The number of hydrogen-bond donors (Lipinski definition) is 1. The van der Waals surface area contributed by atoms with Crippen LogP contribution in [0.15, 0.2) is 18.5 Å². The molecule has 0 bridgehead atoms. The Morgan fingerprint density at radius 3 is 2.52 bits per heavy atom. The fourth-order valence-electron chi connectivity index (χ4n) is 3.33. The first-order valence-electron chi connectivity index (χ1n) is 11.3. The summed E-state index contributed by atoms with van der Waals surface area (Å²) in [6.45, 7) is 1.61. The Bertz CT molecular complexity index is 1180. The van der Waals surface area contributed by atoms with Gasteiger partial charge < -0.3 is 24.7 Å². The number of nitrogen functional groups attached to an aromatic ring is 1. The van der Waals surface area contributed by atoms with E-state index in [-0.39, 0.29) is 30.8 Å². The fraction of sp³-hybridized carbons (Fsp3) is 0.524. The first-order valence-corrected chi connectivity index (χ1v) is 10.3. The van der Waals surface area contributed by atoms with Gasteiger partial charge in [-0.05, 0) is 12.1 Å². The molecule has 0 radical (unpaired) electrons. The fourth-order valence-corrected chi connectivity index (χ4v) is 3.33. The molecule has 0 unspecified atom stereocenters. The van der Waals surface area contributed by atoms with Crippen LogP contribution in [0.5, 0.6) is 0 Å². The first kappa shape index (κ1) is 21.1. The van der Waals surface area contributed by atoms with Crippen molar-refractivity contribution in [3.63, 3.8) is 0 Å². The minimum absolute atomic E-state index is 0.00988. The van der Waals surface area contributed by atoms with Crippen LogP contribution in [0.1, 0.15) is 48.5 Å². The van der Waals surface area contributed by atoms with Gasteiger partial charge in [-0.3, -0.25) is 14.4 Å². The zero-order valence-electron chi connectivity index (χ0n) is 20.3. The average Bonchev–Trinajstić information content (AvgIpc) is 3.40. The Balaban J connectivity index is 2.24. The molecule has 3 rings (SSSR count). The van der Waals surface area contributed by atoms with Crippen LogP contribution in [-0.2, 0) is 38.9 Å². The number of anilines is 1. The predicted octanol–water partition coefficient (Wildman–Crippen LogP) is 1.03. The first-order chi connectivity index (χ1) is 16.5. The summed E-state index contributed by atoms with van der Waals surface area (Å²) in [5.74, 6) is -2.36. The summed E-state index contributed by atoms with van der Waals surface area (Å²) in [5, 5.41) is 14.5. The van der Waals surface area contributed by atoms with E-state index >= 15 is 0 Å². The number of esters is 3. The molecule has 176 valence electrons. The minimum atomic E-state index is -2.87. The van der Waals surface area contributed by atoms with Gasteiger partial charge in [-0.25, -0.2) is 9.50 Å². The molecular weight excluding hydrogens is 434 g/mol. The normalized spacial score (nSPS) is 25.6. The van der Waals surface area contributed by atoms with E-state index in [4.69, 9.17) is 27.4 Å². The average molecular weight is 461 g/mol. The zero-order valence-corrected chi connectivity index (χ0v) is 18.3. The van der Waals surface area contributed by atoms with Gasteiger partial charge in [-0.1, -0.05) is 20.8 Å². The van der Waals surface area contributed by atoms with Crippen LogP contribution >= 0.6 is 0 Å². The molecule has 0 aliphatic carbocycles. The third kappa shape index (κ3) is 4.45. The van der Waals surface area contributed by atoms with E-state index < -0.39 is 48.4 Å². The predicted molar refractivity (Wildman–Crippen MR) is 111 cm³/mol. The molecule has 2 aromatic rings. The highest BCUT2D eigenvalue weighted by Crippen LogP contribution is 2.43. The molecular formula is C21H25N5O7. The lowest BCUT2D eigenvalue weighted by molar-refractivity contribution is -0.169. The van der Waals surface area contributed by atoms with Crippen molar-refractivity contribution in [2.45, 2.75) is 63.9 Å². The van der Waals surface area contributed by atoms with E-state index in [1.165, 1.54) is 37.4 Å². The number of nitrogens with two attached hydrogens (primary N) is 1. The monoisotopic (exact) mass is 461 g/mol. The molecule has 1 fully saturated rings. The number of carbonyl (C=O) groups is 3. The molecule has 0 saturated carbocycles. The lowest BCUT2D eigenvalue weighted by Crippen LogP contribution is -2.46. The number of rotatable bonds is 8. The standard InChI is InChI=1S/C21H25N5O7/c1-4-15(27)30-9-13-18(31-16(28)5-2)19(32-17(29)6-3)21(10-22,33-13)14-8-7-12-20(23)24-11-25-26(12)14/h7-8,11,13,18-19H,4-6,9H2,1-3H3,(H2,23,24,25)/t13-,18-,19-,21+/m1/s1/i9D2. The van der Waals surface area contributed by atoms with Gasteiger partial charge in [0.15, 0.2) is 18.0 Å². The van der Waals surface area contributed by atoms with E-state index in [0.29, 0.717) is 5.52 Å². The Kier molecular flexibility index (Phi) is 6.30. The summed E-state index contributed by atoms with van der Waals surface area (Å²) >= 11 is 0. The van der Waals surface area contributed by atoms with E-state index in [1.807, 2.05) is 6.07 Å². The zero-order chi connectivity index (χ0) is 26.0. The molecule has 3 heterocycles. The summed E-state index contributed by atoms with van der Waals surface area (Å²) < 4.78 is 39.8. The van der Waals surface area contributed by atoms with E-state index in [0.717, 1.165) is 6.33 Å². The van der Waals surface area contributed by atoms with E-state index in [1.54, 1.807) is 0 Å². The smallest absolute Gasteiger partial charge is 0.306 e. The number of carbonyl (C=O) groups excluding carboxylic acids is 3. The topological polar surface area (TPSA) is 168 Å². The van der Waals surface area contributed by atoms with Gasteiger partial charge in [0, 0.05) is 19.3 Å². The van der Waals surface area contributed by atoms with Gasteiger partial charge in [0.2, 0.25) is 5.60 Å². The van der Waals surface area contributed by atoms with Crippen molar-refractivity contribution in [2.75, 3.05) is 12.3 Å². The molecule has 33 heavy (non-hydrogen) atoms. The molecule has 1 aliphatic rings. The second kappa shape index (κ2) is 9.83. The number of aromatic nitrogens is 3. The maximum Gasteiger partial charge on any atom is 0.306 e. The molecule has 4 atom stereocenters. The maximum atomic E-state index is 12.4. The number of hydrogen-bond acceptors (Lipinski definition) is 11. The highest BCUT2D eigenvalue weighted by atomic mass is 16.7. The van der Waals surface area contributed by atoms with Crippen molar-refractivity contribution in [3.8, 4) is 6.07 Å². The summed E-state index contributed by atoms with van der Waals surface area (Å²) in [5.41, 5.74) is 3.98. The number of nitrogens with zero attached hydrogens (tertiary/aromatic N) is 4. The van der Waals surface area contributed by atoms with Gasteiger partial charge in [0.1, 0.15) is 30.6 Å². The van der Waals surface area contributed by atoms with Crippen molar-refractivity contribution in [1.29, 1.82) is 5.26 Å². The molecule has 0 spiro atoms. The lowest BCUT2D eigenvalue weighted by atomic mass is 9.92. The molecule has 12 nitrogen and oxygen atoms in total. The lowest BCUT2D eigenvalue weighted by Gasteiger charge is -2.28. The molecule has 0 aromatic carbocycles. The third-order valence-corrected chi connectivity index (χ3v) is 5.02. The molecule has 2 N–H and O–H groups in total. The summed E-state index contributed by atoms with van der Waals surface area (Å²) in [4.78, 5) is 40.5. The van der Waals surface area contributed by atoms with Crippen LogP contribution in [0.4, 0.5) is 5.82 Å². The van der Waals surface area contributed by atoms with Gasteiger partial charge in [0.05, 0.1) is 8.44 Å². The van der Waals surface area contributed by atoms with Gasteiger partial charge in [-0.15, -0.1) is 0 Å². The number of fused-ring (bicyclic) bond motifs is 1. The SMILES string of the molecule is [2H]C([2H])(OC(=O)CC)[C@H]1O[C@@](C#N)(c2ccc3c(N)ncnn23)[C@H](OC(=O)CC)[C@@H]1OC(=O)CC. The highest BCUT2D eigenvalue weighted by Gasteiger charge is 2.62. The Morgan fingerprint density at radius 1 is 1.21 bits per heavy atom. The van der Waals surface area contributed by atoms with Gasteiger partial charge >= 0.3 is 17.9 Å². The largest absolute Gasteiger partial charge is 0.463 e. The van der Waals surface area contributed by atoms with Crippen molar-refractivity contribution >= 4 is 29.2 Å². The molecule has 0 amide bonds. The Hall–Kier alpha value is -3.72. The van der Waals surface area contributed by atoms with Crippen molar-refractivity contribution < 1.29 is 36.1 Å². The summed E-state index contributed by atoms with van der Waals surface area (Å²) in [6, 6.07) is 4.86. The maximum absolute atomic E-state index is 12.4. The van der Waals surface area contributed by atoms with Crippen LogP contribution < -0.4 is 5.73 Å². The van der Waals surface area contributed by atoms with Crippen molar-refractivity contribution in [3.05, 3.63) is 24.2 Å². The van der Waals surface area contributed by atoms with E-state index in [2.05, 4.69) is 10.1 Å². The second-order valence-corrected chi connectivity index (χ2v) is 7.06. The third-order valence-electron chi connectivity index (χ3n) is 5.02. The second-order valence-electron chi connectivity index (χ2n) is 7.06. The quantitative estimate of drug-likeness (QED) is 0.440. The summed E-state index contributed by atoms with van der Waals surface area (Å²) in [6.07, 6.45) is -4.36. The van der Waals surface area contributed by atoms with E-state index in [9.17, 15) is 19.6 Å². The Morgan fingerprint density at radius 2 is 1.88 bits per heavy atom. The van der Waals surface area contributed by atoms with Crippen LogP contribution in [0, 0.1) is 11.3 Å². The van der Waals surface area contributed by atoms with Gasteiger partial charge in [0.25, 0.3) is 0 Å². The van der Waals surface area contributed by atoms with Crippen LogP contribution in [-0.4, -0.2) is 57.4 Å². The summed E-state index contributed by atoms with van der Waals surface area (Å²) in [7, 11) is 0. The molecule has 1 aliphatic heterocycles. The molecule has 2 aromatic heterocycles. The van der Waals surface area contributed by atoms with Gasteiger partial charge in [-0.2, -0.15) is 10.4 Å². The highest BCUT2D eigenvalue weighted by molar-refractivity contribution is 5.71. The van der Waals surface area contributed by atoms with Crippen LogP contribution in [0.25, 0.3) is 5.52 Å². The molecule has 1 saturated heterocycles. The number of nitriles is 1. The minimum Gasteiger partial charge on any atom is -0.463 e.